The second kappa shape index (κ2) is 6.66. The minimum atomic E-state index is -0.371. The molecule has 19 heavy (non-hydrogen) atoms. The van der Waals surface area contributed by atoms with Gasteiger partial charge in [0.1, 0.15) is 6.61 Å². The topological polar surface area (TPSA) is 38.3 Å². The predicted octanol–water partition coefficient (Wildman–Crippen LogP) is 3.41. The molecular formula is C15H13NO2S. The smallest absolute Gasteiger partial charge is 0.340 e. The van der Waals surface area contributed by atoms with E-state index in [9.17, 15) is 4.79 Å². The quantitative estimate of drug-likeness (QED) is 0.668. The number of hydrogen-bond donors (Lipinski definition) is 1. The van der Waals surface area contributed by atoms with E-state index in [2.05, 4.69) is 5.32 Å². The molecule has 0 aliphatic heterocycles. The van der Waals surface area contributed by atoms with Crippen molar-refractivity contribution in [3.63, 3.8) is 0 Å². The molecule has 0 fully saturated rings. The zero-order valence-corrected chi connectivity index (χ0v) is 11.0. The molecule has 4 heteroatoms. The van der Waals surface area contributed by atoms with Crippen LogP contribution in [-0.4, -0.2) is 11.5 Å². The summed E-state index contributed by atoms with van der Waals surface area (Å²) in [5.41, 5.74) is 3.44. The van der Waals surface area contributed by atoms with Gasteiger partial charge >= 0.3 is 5.97 Å². The molecule has 1 N–H and O–H groups in total. The fourth-order valence-corrected chi connectivity index (χ4v) is 1.78. The van der Waals surface area contributed by atoms with Crippen molar-refractivity contribution in [2.75, 3.05) is 5.32 Å². The molecule has 0 radical (unpaired) electrons. The largest absolute Gasteiger partial charge is 0.457 e. The number of thiocarbonyl (C=S) groups is 1. The van der Waals surface area contributed by atoms with Gasteiger partial charge in [0.25, 0.3) is 0 Å². The number of carbonyl (C=O) groups excluding carboxylic acids is 1. The van der Waals surface area contributed by atoms with E-state index >= 15 is 0 Å². The van der Waals surface area contributed by atoms with E-state index in [1.54, 1.807) is 18.2 Å². The van der Waals surface area contributed by atoms with Gasteiger partial charge in [0.15, 0.2) is 0 Å². The molecule has 0 aliphatic carbocycles. The third-order valence-electron chi connectivity index (χ3n) is 2.57. The first kappa shape index (κ1) is 13.2. The number of nitrogens with one attached hydrogen (secondary N) is 1. The average molecular weight is 271 g/mol. The molecule has 2 aromatic rings. The van der Waals surface area contributed by atoms with Crippen LogP contribution in [0.2, 0.25) is 0 Å². The summed E-state index contributed by atoms with van der Waals surface area (Å²) in [6, 6.07) is 16.7. The van der Waals surface area contributed by atoms with E-state index in [-0.39, 0.29) is 12.6 Å². The Morgan fingerprint density at radius 1 is 1.11 bits per heavy atom. The number of carbonyl (C=O) groups is 1. The molecule has 0 heterocycles. The van der Waals surface area contributed by atoms with Gasteiger partial charge < -0.3 is 10.1 Å². The monoisotopic (exact) mass is 271 g/mol. The molecular weight excluding hydrogens is 258 g/mol. The van der Waals surface area contributed by atoms with E-state index < -0.39 is 0 Å². The first-order valence-corrected chi connectivity index (χ1v) is 6.28. The van der Waals surface area contributed by atoms with Crippen LogP contribution in [0.5, 0.6) is 0 Å². The van der Waals surface area contributed by atoms with Gasteiger partial charge in [0.05, 0.1) is 16.7 Å². The molecule has 0 aromatic heterocycles. The highest BCUT2D eigenvalue weighted by atomic mass is 32.1. The molecule has 0 unspecified atom stereocenters. The van der Waals surface area contributed by atoms with Crippen LogP contribution in [0.15, 0.2) is 54.6 Å². The zero-order valence-electron chi connectivity index (χ0n) is 10.2. The summed E-state index contributed by atoms with van der Waals surface area (Å²) in [5.74, 6) is -0.371. The molecule has 0 saturated heterocycles. The van der Waals surface area contributed by atoms with Crippen LogP contribution in [0.4, 0.5) is 5.69 Å². The van der Waals surface area contributed by atoms with Crippen molar-refractivity contribution in [3.05, 3.63) is 65.7 Å². The lowest BCUT2D eigenvalue weighted by atomic mass is 10.2. The Morgan fingerprint density at radius 3 is 2.53 bits per heavy atom. The van der Waals surface area contributed by atoms with Crippen LogP contribution >= 0.6 is 12.2 Å². The molecule has 96 valence electrons. The van der Waals surface area contributed by atoms with Gasteiger partial charge in [-0.05, 0) is 17.7 Å². The lowest BCUT2D eigenvalue weighted by Crippen LogP contribution is -2.08. The first-order chi connectivity index (χ1) is 9.31. The molecule has 0 amide bonds. The summed E-state index contributed by atoms with van der Waals surface area (Å²) in [6.07, 6.45) is 0. The molecule has 2 rings (SSSR count). The minimum absolute atomic E-state index is 0.256. The van der Waals surface area contributed by atoms with Crippen LogP contribution in [0.1, 0.15) is 15.9 Å². The Kier molecular flexibility index (Phi) is 4.64. The van der Waals surface area contributed by atoms with E-state index in [1.807, 2.05) is 36.4 Å². The molecule has 3 nitrogen and oxygen atoms in total. The molecule has 0 saturated carbocycles. The van der Waals surface area contributed by atoms with Gasteiger partial charge in [0.2, 0.25) is 0 Å². The number of para-hydroxylation sites is 1. The Morgan fingerprint density at radius 2 is 1.79 bits per heavy atom. The highest BCUT2D eigenvalue weighted by molar-refractivity contribution is 7.79. The van der Waals surface area contributed by atoms with Gasteiger partial charge in [-0.3, -0.25) is 0 Å². The second-order valence-electron chi connectivity index (χ2n) is 3.87. The van der Waals surface area contributed by atoms with Gasteiger partial charge in [-0.2, -0.15) is 0 Å². The van der Waals surface area contributed by atoms with E-state index in [0.29, 0.717) is 11.3 Å². The van der Waals surface area contributed by atoms with Crippen LogP contribution in [0.25, 0.3) is 0 Å². The van der Waals surface area contributed by atoms with Crippen LogP contribution < -0.4 is 5.32 Å². The fraction of sp³-hybridized carbons (Fsp3) is 0.0667. The van der Waals surface area contributed by atoms with Crippen molar-refractivity contribution in [3.8, 4) is 0 Å². The third kappa shape index (κ3) is 3.63. The Labute approximate surface area is 117 Å². The number of anilines is 1. The van der Waals surface area contributed by atoms with Gasteiger partial charge in [-0.15, -0.1) is 0 Å². The molecule has 0 atom stereocenters. The van der Waals surface area contributed by atoms with Crippen molar-refractivity contribution in [1.29, 1.82) is 0 Å². The van der Waals surface area contributed by atoms with Crippen LogP contribution in [0.3, 0.4) is 0 Å². The van der Waals surface area contributed by atoms with Crippen molar-refractivity contribution in [2.45, 2.75) is 6.61 Å². The van der Waals surface area contributed by atoms with Crippen molar-refractivity contribution in [1.82, 2.24) is 0 Å². The molecule has 2 aromatic carbocycles. The number of benzene rings is 2. The number of ether oxygens (including phenoxy) is 1. The molecule has 0 bridgehead atoms. The second-order valence-corrected chi connectivity index (χ2v) is 4.11. The normalized spacial score (nSPS) is 9.68. The summed E-state index contributed by atoms with van der Waals surface area (Å²) in [4.78, 5) is 12.0. The standard InChI is InChI=1S/C15H13NO2S/c17-15(18-10-12-6-2-1-3-7-12)13-8-4-5-9-14(13)16-11-19/h1-9,11H,10H2,(H,16,19). The highest BCUT2D eigenvalue weighted by Gasteiger charge is 2.11. The first-order valence-electron chi connectivity index (χ1n) is 5.81. The van der Waals surface area contributed by atoms with Gasteiger partial charge in [-0.25, -0.2) is 4.79 Å². The fourth-order valence-electron chi connectivity index (χ4n) is 1.65. The maximum absolute atomic E-state index is 12.0. The maximum atomic E-state index is 12.0. The zero-order chi connectivity index (χ0) is 13.5. The van der Waals surface area contributed by atoms with E-state index in [4.69, 9.17) is 17.0 Å². The van der Waals surface area contributed by atoms with Crippen molar-refractivity contribution >= 4 is 29.4 Å². The summed E-state index contributed by atoms with van der Waals surface area (Å²) in [7, 11) is 0. The molecule has 0 aliphatic rings. The van der Waals surface area contributed by atoms with Crippen LogP contribution in [-0.2, 0) is 11.3 Å². The third-order valence-corrected chi connectivity index (χ3v) is 2.69. The van der Waals surface area contributed by atoms with Gasteiger partial charge in [-0.1, -0.05) is 54.7 Å². The van der Waals surface area contributed by atoms with Crippen molar-refractivity contribution in [2.24, 2.45) is 0 Å². The van der Waals surface area contributed by atoms with E-state index in [1.165, 1.54) is 5.49 Å². The van der Waals surface area contributed by atoms with Crippen LogP contribution in [0, 0.1) is 0 Å². The summed E-state index contributed by atoms with van der Waals surface area (Å²) in [6.45, 7) is 0.256. The maximum Gasteiger partial charge on any atom is 0.340 e. The summed E-state index contributed by atoms with van der Waals surface area (Å²) < 4.78 is 5.27. The minimum Gasteiger partial charge on any atom is -0.457 e. The Bertz CT molecular complexity index is 569. The number of hydrogen-bond acceptors (Lipinski definition) is 3. The summed E-state index contributed by atoms with van der Waals surface area (Å²) in [5, 5.41) is 2.84. The summed E-state index contributed by atoms with van der Waals surface area (Å²) >= 11 is 4.73. The van der Waals surface area contributed by atoms with Gasteiger partial charge in [0, 0.05) is 0 Å². The number of esters is 1. The average Bonchev–Trinajstić information content (AvgIpc) is 2.47. The predicted molar refractivity (Wildman–Crippen MR) is 79.3 cm³/mol. The van der Waals surface area contributed by atoms with Crippen molar-refractivity contribution < 1.29 is 9.53 Å². The Balaban J connectivity index is 2.06. The lowest BCUT2D eigenvalue weighted by Gasteiger charge is -2.09. The van der Waals surface area contributed by atoms with E-state index in [0.717, 1.165) is 5.56 Å². The SMILES string of the molecule is O=C(OCc1ccccc1)c1ccccc1NC=S. The number of rotatable bonds is 5. The highest BCUT2D eigenvalue weighted by Crippen LogP contribution is 2.16. The lowest BCUT2D eigenvalue weighted by molar-refractivity contribution is 0.0474. The molecule has 0 spiro atoms. The Hall–Kier alpha value is -2.20.